The Labute approximate surface area is 98.4 Å². The van der Waals surface area contributed by atoms with Crippen molar-refractivity contribution in [3.8, 4) is 0 Å². The van der Waals surface area contributed by atoms with Gasteiger partial charge in [0.25, 0.3) is 0 Å². The van der Waals surface area contributed by atoms with Gasteiger partial charge in [0.1, 0.15) is 11.1 Å². The van der Waals surface area contributed by atoms with Gasteiger partial charge < -0.3 is 11.5 Å². The molecule has 0 saturated heterocycles. The van der Waals surface area contributed by atoms with Crippen molar-refractivity contribution in [1.82, 2.24) is 19.3 Å². The highest BCUT2D eigenvalue weighted by Crippen LogP contribution is 2.27. The number of imidazole rings is 1. The van der Waals surface area contributed by atoms with Gasteiger partial charge in [-0.3, -0.25) is 14.0 Å². The summed E-state index contributed by atoms with van der Waals surface area (Å²) in [6, 6.07) is 0. The fourth-order valence-electron chi connectivity index (χ4n) is 1.95. The SMILES string of the molecule is Cc1nn(C)c2c1nc(N)n2C(C)(C)C(N)=O. The summed E-state index contributed by atoms with van der Waals surface area (Å²) in [6.07, 6.45) is 0. The summed E-state index contributed by atoms with van der Waals surface area (Å²) < 4.78 is 3.27. The molecule has 0 spiro atoms. The quantitative estimate of drug-likeness (QED) is 0.758. The lowest BCUT2D eigenvalue weighted by Crippen LogP contribution is -2.42. The van der Waals surface area contributed by atoms with Crippen molar-refractivity contribution in [1.29, 1.82) is 0 Å². The molecule has 2 aromatic rings. The minimum Gasteiger partial charge on any atom is -0.369 e. The van der Waals surface area contributed by atoms with E-state index in [1.54, 1.807) is 30.1 Å². The summed E-state index contributed by atoms with van der Waals surface area (Å²) >= 11 is 0. The predicted octanol–water partition coefficient (Wildman–Crippen LogP) is -0.119. The first-order chi connectivity index (χ1) is 7.76. The van der Waals surface area contributed by atoms with Crippen LogP contribution in [0.25, 0.3) is 11.2 Å². The van der Waals surface area contributed by atoms with Gasteiger partial charge in [0.05, 0.1) is 5.69 Å². The molecule has 0 aliphatic rings. The predicted molar refractivity (Wildman–Crippen MR) is 64.2 cm³/mol. The molecule has 92 valence electrons. The van der Waals surface area contributed by atoms with Crippen molar-refractivity contribution in [2.45, 2.75) is 26.3 Å². The number of nitrogen functional groups attached to an aromatic ring is 1. The molecule has 2 aromatic heterocycles. The van der Waals surface area contributed by atoms with Gasteiger partial charge in [-0.15, -0.1) is 0 Å². The molecule has 7 nitrogen and oxygen atoms in total. The summed E-state index contributed by atoms with van der Waals surface area (Å²) in [5.41, 5.74) is 12.5. The molecule has 1 amide bonds. The van der Waals surface area contributed by atoms with Crippen LogP contribution in [0.15, 0.2) is 0 Å². The molecule has 4 N–H and O–H groups in total. The molecule has 0 atom stereocenters. The number of aromatic nitrogens is 4. The third-order valence-corrected chi connectivity index (χ3v) is 2.99. The van der Waals surface area contributed by atoms with Gasteiger partial charge in [-0.05, 0) is 20.8 Å². The topological polar surface area (TPSA) is 105 Å². The smallest absolute Gasteiger partial charge is 0.243 e. The molecule has 0 saturated carbocycles. The number of hydrogen-bond donors (Lipinski definition) is 2. The number of fused-ring (bicyclic) bond motifs is 1. The molecule has 0 radical (unpaired) electrons. The number of rotatable bonds is 2. The van der Waals surface area contributed by atoms with Crippen LogP contribution in [0.3, 0.4) is 0 Å². The number of nitrogens with zero attached hydrogens (tertiary/aromatic N) is 4. The Kier molecular flexibility index (Phi) is 2.17. The summed E-state index contributed by atoms with van der Waals surface area (Å²) in [5, 5.41) is 4.25. The number of aryl methyl sites for hydroxylation is 2. The molecule has 2 rings (SSSR count). The normalized spacial score (nSPS) is 12.2. The van der Waals surface area contributed by atoms with Crippen LogP contribution in [-0.4, -0.2) is 25.2 Å². The number of carbonyl (C=O) groups excluding carboxylic acids is 1. The number of amides is 1. The highest BCUT2D eigenvalue weighted by molar-refractivity contribution is 5.86. The zero-order valence-electron chi connectivity index (χ0n) is 10.4. The average molecular weight is 236 g/mol. The molecule has 7 heteroatoms. The molecule has 17 heavy (non-hydrogen) atoms. The van der Waals surface area contributed by atoms with E-state index >= 15 is 0 Å². The summed E-state index contributed by atoms with van der Waals surface area (Å²) in [4.78, 5) is 15.8. The standard InChI is InChI=1S/C10H16N6O/c1-5-6-7(15(4)14-5)16(9(12)13-6)10(2,3)8(11)17/h1-4H3,(H2,11,17)(H2,12,13). The minimum atomic E-state index is -0.945. The molecule has 0 aliphatic carbocycles. The Bertz CT molecular complexity index is 606. The fraction of sp³-hybridized carbons (Fsp3) is 0.500. The second kappa shape index (κ2) is 3.22. The van der Waals surface area contributed by atoms with Gasteiger partial charge in [0.15, 0.2) is 5.65 Å². The van der Waals surface area contributed by atoms with Crippen LogP contribution >= 0.6 is 0 Å². The van der Waals surface area contributed by atoms with Gasteiger partial charge in [0, 0.05) is 7.05 Å². The second-order valence-electron chi connectivity index (χ2n) is 4.61. The molecule has 2 heterocycles. The van der Waals surface area contributed by atoms with Gasteiger partial charge >= 0.3 is 0 Å². The Morgan fingerprint density at radius 1 is 1.41 bits per heavy atom. The minimum absolute atomic E-state index is 0.264. The van der Waals surface area contributed by atoms with Crippen LogP contribution in [0.4, 0.5) is 5.95 Å². The maximum atomic E-state index is 11.5. The molecule has 0 unspecified atom stereocenters. The van der Waals surface area contributed by atoms with Crippen molar-refractivity contribution in [2.75, 3.05) is 5.73 Å². The molecular weight excluding hydrogens is 220 g/mol. The van der Waals surface area contributed by atoms with Crippen LogP contribution in [0.5, 0.6) is 0 Å². The number of primary amides is 1. The number of nitrogens with two attached hydrogens (primary N) is 2. The summed E-state index contributed by atoms with van der Waals surface area (Å²) in [6.45, 7) is 5.25. The molecule has 0 fully saturated rings. The van der Waals surface area contributed by atoms with Crippen molar-refractivity contribution in [3.63, 3.8) is 0 Å². The first kappa shape index (κ1) is 11.4. The average Bonchev–Trinajstić information content (AvgIpc) is 2.66. The Balaban J connectivity index is 2.86. The van der Waals surface area contributed by atoms with Crippen LogP contribution in [0, 0.1) is 6.92 Å². The van der Waals surface area contributed by atoms with E-state index in [2.05, 4.69) is 10.1 Å². The van der Waals surface area contributed by atoms with Crippen LogP contribution in [-0.2, 0) is 17.4 Å². The number of anilines is 1. The van der Waals surface area contributed by atoms with Crippen LogP contribution in [0.2, 0.25) is 0 Å². The van der Waals surface area contributed by atoms with Crippen molar-refractivity contribution in [3.05, 3.63) is 5.69 Å². The highest BCUT2D eigenvalue weighted by Gasteiger charge is 2.33. The van der Waals surface area contributed by atoms with Gasteiger partial charge in [-0.2, -0.15) is 5.10 Å². The van der Waals surface area contributed by atoms with E-state index in [0.29, 0.717) is 11.2 Å². The maximum Gasteiger partial charge on any atom is 0.243 e. The van der Waals surface area contributed by atoms with E-state index in [-0.39, 0.29) is 5.95 Å². The monoisotopic (exact) mass is 236 g/mol. The Morgan fingerprint density at radius 2 is 2.00 bits per heavy atom. The zero-order valence-corrected chi connectivity index (χ0v) is 10.4. The van der Waals surface area contributed by atoms with E-state index in [0.717, 1.165) is 5.69 Å². The van der Waals surface area contributed by atoms with Gasteiger partial charge in [-0.25, -0.2) is 4.98 Å². The molecular formula is C10H16N6O. The highest BCUT2D eigenvalue weighted by atomic mass is 16.1. The van der Waals surface area contributed by atoms with Gasteiger partial charge in [0.2, 0.25) is 11.9 Å². The summed E-state index contributed by atoms with van der Waals surface area (Å²) in [7, 11) is 1.78. The fourth-order valence-corrected chi connectivity index (χ4v) is 1.95. The first-order valence-corrected chi connectivity index (χ1v) is 5.24. The molecule has 0 aromatic carbocycles. The molecule has 0 bridgehead atoms. The maximum absolute atomic E-state index is 11.5. The largest absolute Gasteiger partial charge is 0.369 e. The van der Waals surface area contributed by atoms with E-state index in [4.69, 9.17) is 11.5 Å². The number of hydrogen-bond acceptors (Lipinski definition) is 4. The Hall–Kier alpha value is -2.05. The lowest BCUT2D eigenvalue weighted by molar-refractivity contribution is -0.124. The lowest BCUT2D eigenvalue weighted by Gasteiger charge is -2.24. The van der Waals surface area contributed by atoms with E-state index in [1.165, 1.54) is 0 Å². The number of carbonyl (C=O) groups is 1. The van der Waals surface area contributed by atoms with E-state index in [9.17, 15) is 4.79 Å². The zero-order chi connectivity index (χ0) is 13.0. The van der Waals surface area contributed by atoms with Crippen molar-refractivity contribution >= 4 is 23.0 Å². The van der Waals surface area contributed by atoms with E-state index in [1.807, 2.05) is 6.92 Å². The summed E-state index contributed by atoms with van der Waals surface area (Å²) in [5.74, 6) is -0.206. The van der Waals surface area contributed by atoms with Crippen molar-refractivity contribution in [2.24, 2.45) is 12.8 Å². The first-order valence-electron chi connectivity index (χ1n) is 5.24. The van der Waals surface area contributed by atoms with Crippen LogP contribution in [0.1, 0.15) is 19.5 Å². The second-order valence-corrected chi connectivity index (χ2v) is 4.61. The van der Waals surface area contributed by atoms with Gasteiger partial charge in [-0.1, -0.05) is 0 Å². The lowest BCUT2D eigenvalue weighted by atomic mass is 10.1. The van der Waals surface area contributed by atoms with E-state index < -0.39 is 11.4 Å². The molecule has 0 aliphatic heterocycles. The van der Waals surface area contributed by atoms with Crippen LogP contribution < -0.4 is 11.5 Å². The van der Waals surface area contributed by atoms with Crippen molar-refractivity contribution < 1.29 is 4.79 Å². The Morgan fingerprint density at radius 3 is 2.53 bits per heavy atom. The third kappa shape index (κ3) is 1.38. The third-order valence-electron chi connectivity index (χ3n) is 2.99.